The Bertz CT molecular complexity index is 270. The second-order valence-electron chi connectivity index (χ2n) is 4.23. The van der Waals surface area contributed by atoms with E-state index < -0.39 is 17.5 Å². The van der Waals surface area contributed by atoms with Crippen molar-refractivity contribution in [2.45, 2.75) is 37.8 Å². The van der Waals surface area contributed by atoms with Crippen molar-refractivity contribution in [1.29, 1.82) is 0 Å². The molecule has 1 atom stereocenters. The van der Waals surface area contributed by atoms with Gasteiger partial charge in [0.15, 0.2) is 5.60 Å². The van der Waals surface area contributed by atoms with E-state index in [4.69, 9.17) is 5.11 Å². The number of carboxylic acid groups (broad SMARTS) is 1. The molecule has 0 aromatic carbocycles. The molecule has 1 rings (SSSR count). The number of rotatable bonds is 3. The van der Waals surface area contributed by atoms with E-state index in [0.29, 0.717) is 0 Å². The van der Waals surface area contributed by atoms with Gasteiger partial charge < -0.3 is 10.2 Å². The highest BCUT2D eigenvalue weighted by atomic mass is 19.3. The van der Waals surface area contributed by atoms with E-state index in [1.165, 1.54) is 0 Å². The van der Waals surface area contributed by atoms with E-state index in [0.717, 1.165) is 0 Å². The number of aliphatic carboxylic acids is 1. The van der Waals surface area contributed by atoms with Crippen molar-refractivity contribution in [1.82, 2.24) is 4.90 Å². The van der Waals surface area contributed by atoms with Crippen molar-refractivity contribution in [3.05, 3.63) is 0 Å². The molecule has 0 bridgehead atoms. The summed E-state index contributed by atoms with van der Waals surface area (Å²) in [5.41, 5.74) is -2.44. The van der Waals surface area contributed by atoms with E-state index in [-0.39, 0.29) is 25.6 Å². The van der Waals surface area contributed by atoms with Crippen LogP contribution in [0.15, 0.2) is 0 Å². The first-order chi connectivity index (χ1) is 6.71. The monoisotopic (exact) mass is 223 g/mol. The number of halogens is 2. The van der Waals surface area contributed by atoms with Gasteiger partial charge in [0.05, 0.1) is 0 Å². The fraction of sp³-hybridized carbons (Fsp3) is 0.889. The normalized spacial score (nSPS) is 28.7. The lowest BCUT2D eigenvalue weighted by Gasteiger charge is -2.30. The quantitative estimate of drug-likeness (QED) is 0.733. The lowest BCUT2D eigenvalue weighted by atomic mass is 9.94. The Kier molecular flexibility index (Phi) is 3.02. The van der Waals surface area contributed by atoms with Crippen LogP contribution < -0.4 is 0 Å². The Morgan fingerprint density at radius 2 is 2.07 bits per heavy atom. The van der Waals surface area contributed by atoms with Crippen LogP contribution in [0.3, 0.4) is 0 Å². The van der Waals surface area contributed by atoms with Crippen molar-refractivity contribution < 1.29 is 23.8 Å². The predicted octanol–water partition coefficient (Wildman–Crippen LogP) is 0.552. The number of hydrogen-bond acceptors (Lipinski definition) is 3. The third-order valence-electron chi connectivity index (χ3n) is 2.86. The van der Waals surface area contributed by atoms with Crippen LogP contribution in [0.4, 0.5) is 8.78 Å². The van der Waals surface area contributed by atoms with E-state index in [1.54, 1.807) is 4.90 Å². The SMILES string of the molecule is CC(C)N1CCC(O)(C(F)(F)C(=O)O)C1. The second kappa shape index (κ2) is 3.68. The van der Waals surface area contributed by atoms with Gasteiger partial charge in [-0.25, -0.2) is 4.79 Å². The highest BCUT2D eigenvalue weighted by molar-refractivity contribution is 5.77. The molecule has 2 N–H and O–H groups in total. The molecule has 1 saturated heterocycles. The molecule has 15 heavy (non-hydrogen) atoms. The first-order valence-electron chi connectivity index (χ1n) is 4.78. The Hall–Kier alpha value is -0.750. The molecule has 0 radical (unpaired) electrons. The van der Waals surface area contributed by atoms with Gasteiger partial charge >= 0.3 is 11.9 Å². The topological polar surface area (TPSA) is 60.8 Å². The van der Waals surface area contributed by atoms with Gasteiger partial charge in [-0.15, -0.1) is 0 Å². The highest BCUT2D eigenvalue weighted by Gasteiger charge is 2.61. The lowest BCUT2D eigenvalue weighted by molar-refractivity contribution is -0.205. The molecule has 6 heteroatoms. The number of alkyl halides is 2. The van der Waals surface area contributed by atoms with E-state index >= 15 is 0 Å². The summed E-state index contributed by atoms with van der Waals surface area (Å²) in [5.74, 6) is -6.35. The molecule has 88 valence electrons. The van der Waals surface area contributed by atoms with Crippen LogP contribution in [0.25, 0.3) is 0 Å². The van der Waals surface area contributed by atoms with E-state index in [1.807, 2.05) is 13.8 Å². The van der Waals surface area contributed by atoms with Gasteiger partial charge in [0.1, 0.15) is 0 Å². The maximum Gasteiger partial charge on any atom is 0.377 e. The van der Waals surface area contributed by atoms with Crippen LogP contribution in [0.2, 0.25) is 0 Å². The molecule has 1 aliphatic heterocycles. The van der Waals surface area contributed by atoms with Crippen LogP contribution in [0, 0.1) is 0 Å². The number of aliphatic hydroxyl groups is 1. The van der Waals surface area contributed by atoms with Crippen LogP contribution in [0.1, 0.15) is 20.3 Å². The first-order valence-corrected chi connectivity index (χ1v) is 4.78. The van der Waals surface area contributed by atoms with Crippen molar-refractivity contribution in [2.75, 3.05) is 13.1 Å². The summed E-state index contributed by atoms with van der Waals surface area (Å²) < 4.78 is 26.4. The molecular formula is C9H15F2NO3. The number of nitrogens with zero attached hydrogens (tertiary/aromatic N) is 1. The highest BCUT2D eigenvalue weighted by Crippen LogP contribution is 2.37. The van der Waals surface area contributed by atoms with Gasteiger partial charge in [-0.1, -0.05) is 0 Å². The molecule has 1 unspecified atom stereocenters. The van der Waals surface area contributed by atoms with Crippen molar-refractivity contribution in [3.63, 3.8) is 0 Å². The van der Waals surface area contributed by atoms with Gasteiger partial charge in [-0.05, 0) is 20.3 Å². The Morgan fingerprint density at radius 3 is 2.40 bits per heavy atom. The molecule has 4 nitrogen and oxygen atoms in total. The van der Waals surface area contributed by atoms with Gasteiger partial charge in [0.25, 0.3) is 0 Å². The van der Waals surface area contributed by atoms with E-state index in [9.17, 15) is 18.7 Å². The van der Waals surface area contributed by atoms with Gasteiger partial charge in [0, 0.05) is 19.1 Å². The fourth-order valence-electron chi connectivity index (χ4n) is 1.72. The molecule has 0 aliphatic carbocycles. The number of carbonyl (C=O) groups is 1. The Balaban J connectivity index is 2.83. The summed E-state index contributed by atoms with van der Waals surface area (Å²) in [5, 5.41) is 18.0. The summed E-state index contributed by atoms with van der Waals surface area (Å²) in [7, 11) is 0. The minimum Gasteiger partial charge on any atom is -0.477 e. The number of β-amino-alcohol motifs (C(OH)–C–C–N with tert-alkyl or cyclic N) is 1. The average Bonchev–Trinajstić information content (AvgIpc) is 2.49. The molecule has 0 aromatic rings. The molecular weight excluding hydrogens is 208 g/mol. The predicted molar refractivity (Wildman–Crippen MR) is 48.9 cm³/mol. The summed E-state index contributed by atoms with van der Waals surface area (Å²) in [4.78, 5) is 12.0. The summed E-state index contributed by atoms with van der Waals surface area (Å²) >= 11 is 0. The lowest BCUT2D eigenvalue weighted by Crippen LogP contribution is -2.55. The molecule has 0 saturated carbocycles. The zero-order chi connectivity index (χ0) is 11.9. The van der Waals surface area contributed by atoms with Gasteiger partial charge in [-0.3, -0.25) is 4.90 Å². The molecule has 1 fully saturated rings. The standard InChI is InChI=1S/C9H15F2NO3/c1-6(2)12-4-3-8(15,5-12)9(10,11)7(13)14/h6,15H,3-5H2,1-2H3,(H,13,14). The van der Waals surface area contributed by atoms with Crippen molar-refractivity contribution >= 4 is 5.97 Å². The summed E-state index contributed by atoms with van der Waals surface area (Å²) in [6.45, 7) is 3.61. The number of likely N-dealkylation sites (tertiary alicyclic amines) is 1. The summed E-state index contributed by atoms with van der Waals surface area (Å²) in [6.07, 6.45) is -0.218. The van der Waals surface area contributed by atoms with Crippen LogP contribution >= 0.6 is 0 Å². The molecule has 0 aromatic heterocycles. The van der Waals surface area contributed by atoms with Crippen molar-refractivity contribution in [2.24, 2.45) is 0 Å². The second-order valence-corrected chi connectivity index (χ2v) is 4.23. The molecule has 1 aliphatic rings. The van der Waals surface area contributed by atoms with Crippen LogP contribution in [-0.4, -0.2) is 51.7 Å². The third kappa shape index (κ3) is 1.96. The number of carboxylic acids is 1. The maximum atomic E-state index is 13.2. The maximum absolute atomic E-state index is 13.2. The largest absolute Gasteiger partial charge is 0.477 e. The molecule has 0 amide bonds. The fourth-order valence-corrected chi connectivity index (χ4v) is 1.72. The number of hydrogen-bond donors (Lipinski definition) is 2. The average molecular weight is 223 g/mol. The van der Waals surface area contributed by atoms with Crippen molar-refractivity contribution in [3.8, 4) is 0 Å². The zero-order valence-electron chi connectivity index (χ0n) is 8.70. The minimum absolute atomic E-state index is 0.0172. The zero-order valence-corrected chi connectivity index (χ0v) is 8.70. The smallest absolute Gasteiger partial charge is 0.377 e. The minimum atomic E-state index is -4.09. The first kappa shape index (κ1) is 12.3. The molecule has 1 heterocycles. The van der Waals surface area contributed by atoms with Gasteiger partial charge in [0.2, 0.25) is 0 Å². The van der Waals surface area contributed by atoms with Crippen LogP contribution in [-0.2, 0) is 4.79 Å². The van der Waals surface area contributed by atoms with E-state index in [2.05, 4.69) is 0 Å². The Labute approximate surface area is 86.5 Å². The van der Waals surface area contributed by atoms with Crippen LogP contribution in [0.5, 0.6) is 0 Å². The van der Waals surface area contributed by atoms with Gasteiger partial charge in [-0.2, -0.15) is 8.78 Å². The molecule has 0 spiro atoms. The third-order valence-corrected chi connectivity index (χ3v) is 2.86. The Morgan fingerprint density at radius 1 is 1.53 bits per heavy atom. The summed E-state index contributed by atoms with van der Waals surface area (Å²) in [6, 6.07) is 0.0172.